The van der Waals surface area contributed by atoms with Crippen molar-refractivity contribution < 1.29 is 9.59 Å². The number of nitrogens with zero attached hydrogens (tertiary/aromatic N) is 4. The third kappa shape index (κ3) is 3.80. The predicted molar refractivity (Wildman–Crippen MR) is 133 cm³/mol. The number of aromatic nitrogens is 2. The van der Waals surface area contributed by atoms with Crippen molar-refractivity contribution in [3.05, 3.63) is 42.2 Å². The number of amides is 2. The molecule has 0 spiro atoms. The Balaban J connectivity index is 0.00000245. The predicted octanol–water partition coefficient (Wildman–Crippen LogP) is 2.05. The summed E-state index contributed by atoms with van der Waals surface area (Å²) in [4.78, 5) is 36.4. The number of hydrogen-bond donors (Lipinski definition) is 2. The van der Waals surface area contributed by atoms with Crippen molar-refractivity contribution in [2.45, 2.75) is 19.9 Å². The van der Waals surface area contributed by atoms with Gasteiger partial charge in [0.15, 0.2) is 5.96 Å². The second-order valence-electron chi connectivity index (χ2n) is 8.53. The Bertz CT molecular complexity index is 1060. The lowest BCUT2D eigenvalue weighted by Crippen LogP contribution is -2.43. The monoisotopic (exact) mass is 548 g/mol. The summed E-state index contributed by atoms with van der Waals surface area (Å²) in [6, 6.07) is 8.01. The van der Waals surface area contributed by atoms with E-state index >= 15 is 0 Å². The van der Waals surface area contributed by atoms with Crippen LogP contribution < -0.4 is 10.6 Å². The molecular weight excluding hydrogens is 519 g/mol. The van der Waals surface area contributed by atoms with Crippen LogP contribution in [0.5, 0.6) is 0 Å². The second kappa shape index (κ2) is 9.21. The van der Waals surface area contributed by atoms with Gasteiger partial charge in [-0.15, -0.1) is 24.0 Å². The van der Waals surface area contributed by atoms with E-state index in [1.165, 1.54) is 4.90 Å². The van der Waals surface area contributed by atoms with E-state index in [0.29, 0.717) is 25.6 Å². The Morgan fingerprint density at radius 3 is 2.47 bits per heavy atom. The minimum atomic E-state index is -0.137. The molecule has 2 aliphatic carbocycles. The number of aryl methyl sites for hydroxylation is 1. The molecule has 2 N–H and O–H groups in total. The van der Waals surface area contributed by atoms with Crippen LogP contribution in [0.4, 0.5) is 0 Å². The number of carbonyl (C=O) groups is 2. The van der Waals surface area contributed by atoms with Crippen LogP contribution in [0.2, 0.25) is 0 Å². The summed E-state index contributed by atoms with van der Waals surface area (Å²) in [6.07, 6.45) is 5.20. The lowest BCUT2D eigenvalue weighted by atomic mass is 9.85. The maximum Gasteiger partial charge on any atom is 0.233 e. The molecule has 0 radical (unpaired) electrons. The van der Waals surface area contributed by atoms with Crippen molar-refractivity contribution in [1.82, 2.24) is 25.1 Å². The lowest BCUT2D eigenvalue weighted by molar-refractivity contribution is -0.140. The molecule has 1 saturated heterocycles. The number of nitrogens with one attached hydrogen (secondary N) is 2. The molecule has 2 amide bonds. The standard InChI is InChI=1S/C23H28N6O2.HI/c1-3-24-23(26-13-18-27-16-6-4-5-7-17(16)28(18)2)25-10-11-29-21(30)19-14-8-9-15(12-14)20(19)22(29)31;/h4-9,14-15,19-20H,3,10-13H2,1-2H3,(H2,24,25,26);1H. The molecule has 3 aliphatic rings. The number of allylic oxidation sites excluding steroid dienone is 2. The lowest BCUT2D eigenvalue weighted by Gasteiger charge is -2.18. The second-order valence-corrected chi connectivity index (χ2v) is 8.53. The topological polar surface area (TPSA) is 91.6 Å². The molecule has 4 atom stereocenters. The van der Waals surface area contributed by atoms with E-state index in [1.54, 1.807) is 0 Å². The third-order valence-electron chi connectivity index (χ3n) is 6.79. The highest BCUT2D eigenvalue weighted by atomic mass is 127. The number of para-hydroxylation sites is 2. The van der Waals surface area contributed by atoms with Gasteiger partial charge in [-0.1, -0.05) is 24.3 Å². The molecule has 1 aliphatic heterocycles. The number of benzene rings is 1. The molecule has 1 aromatic carbocycles. The van der Waals surface area contributed by atoms with E-state index in [9.17, 15) is 9.59 Å². The SMILES string of the molecule is CCNC(=NCc1nc2ccccc2n1C)NCCN1C(=O)C2C3C=CC(C3)C2C1=O.I. The van der Waals surface area contributed by atoms with Gasteiger partial charge in [0.05, 0.1) is 22.9 Å². The van der Waals surface area contributed by atoms with E-state index in [-0.39, 0.29) is 59.5 Å². The van der Waals surface area contributed by atoms with Gasteiger partial charge in [-0.2, -0.15) is 0 Å². The van der Waals surface area contributed by atoms with E-state index in [1.807, 2.05) is 42.8 Å². The summed E-state index contributed by atoms with van der Waals surface area (Å²) in [5, 5.41) is 6.48. The number of aliphatic imine (C=N–C) groups is 1. The van der Waals surface area contributed by atoms with Crippen LogP contribution in [0.3, 0.4) is 0 Å². The third-order valence-corrected chi connectivity index (χ3v) is 6.79. The molecule has 2 fully saturated rings. The molecule has 5 rings (SSSR count). The first kappa shape index (κ1) is 22.8. The first-order valence-electron chi connectivity index (χ1n) is 11.0. The van der Waals surface area contributed by atoms with E-state index in [0.717, 1.165) is 29.8 Å². The molecule has 9 heteroatoms. The molecule has 2 bridgehead atoms. The van der Waals surface area contributed by atoms with Crippen molar-refractivity contribution in [3.8, 4) is 0 Å². The average molecular weight is 548 g/mol. The Kier molecular flexibility index (Phi) is 6.55. The van der Waals surface area contributed by atoms with Gasteiger partial charge in [0.25, 0.3) is 0 Å². The number of likely N-dealkylation sites (tertiary alicyclic amines) is 1. The summed E-state index contributed by atoms with van der Waals surface area (Å²) in [5.41, 5.74) is 2.03. The van der Waals surface area contributed by atoms with Gasteiger partial charge in [-0.3, -0.25) is 14.5 Å². The number of imide groups is 1. The van der Waals surface area contributed by atoms with Crippen LogP contribution in [-0.4, -0.2) is 51.9 Å². The molecule has 1 aromatic heterocycles. The normalized spacial score (nSPS) is 26.1. The van der Waals surface area contributed by atoms with Crippen LogP contribution in [0.15, 0.2) is 41.4 Å². The molecule has 1 saturated carbocycles. The van der Waals surface area contributed by atoms with Crippen molar-refractivity contribution in [2.24, 2.45) is 35.7 Å². The highest BCUT2D eigenvalue weighted by molar-refractivity contribution is 14.0. The van der Waals surface area contributed by atoms with Crippen LogP contribution >= 0.6 is 24.0 Å². The summed E-state index contributed by atoms with van der Waals surface area (Å²) in [5.74, 6) is 1.73. The number of guanidine groups is 1. The van der Waals surface area contributed by atoms with E-state index in [2.05, 4.69) is 32.8 Å². The van der Waals surface area contributed by atoms with Crippen LogP contribution in [0, 0.1) is 23.7 Å². The van der Waals surface area contributed by atoms with Crippen molar-refractivity contribution in [2.75, 3.05) is 19.6 Å². The Labute approximate surface area is 204 Å². The first-order chi connectivity index (χ1) is 15.1. The molecule has 170 valence electrons. The zero-order valence-corrected chi connectivity index (χ0v) is 20.7. The zero-order chi connectivity index (χ0) is 21.5. The largest absolute Gasteiger partial charge is 0.357 e. The molecule has 2 aromatic rings. The molecule has 8 nitrogen and oxygen atoms in total. The van der Waals surface area contributed by atoms with Crippen LogP contribution in [0.25, 0.3) is 11.0 Å². The van der Waals surface area contributed by atoms with Gasteiger partial charge in [-0.25, -0.2) is 9.98 Å². The Hall–Kier alpha value is -2.43. The molecule has 2 heterocycles. The fraction of sp³-hybridized carbons (Fsp3) is 0.478. The number of rotatable bonds is 6. The van der Waals surface area contributed by atoms with E-state index < -0.39 is 0 Å². The quantitative estimate of drug-likeness (QED) is 0.190. The van der Waals surface area contributed by atoms with Crippen LogP contribution in [0.1, 0.15) is 19.2 Å². The summed E-state index contributed by atoms with van der Waals surface area (Å²) in [7, 11) is 1.99. The first-order valence-corrected chi connectivity index (χ1v) is 11.0. The van der Waals surface area contributed by atoms with Crippen molar-refractivity contribution >= 4 is 52.8 Å². The summed E-state index contributed by atoms with van der Waals surface area (Å²) < 4.78 is 2.05. The number of fused-ring (bicyclic) bond motifs is 6. The minimum absolute atomic E-state index is 0. The van der Waals surface area contributed by atoms with Gasteiger partial charge in [0.1, 0.15) is 12.4 Å². The van der Waals surface area contributed by atoms with Gasteiger partial charge < -0.3 is 15.2 Å². The number of carbonyl (C=O) groups excluding carboxylic acids is 2. The van der Waals surface area contributed by atoms with Gasteiger partial charge in [0, 0.05) is 26.7 Å². The number of halogens is 1. The smallest absolute Gasteiger partial charge is 0.233 e. The molecular formula is C23H29IN6O2. The zero-order valence-electron chi connectivity index (χ0n) is 18.3. The fourth-order valence-corrected chi connectivity index (χ4v) is 5.30. The Morgan fingerprint density at radius 1 is 1.12 bits per heavy atom. The highest BCUT2D eigenvalue weighted by Gasteiger charge is 2.58. The van der Waals surface area contributed by atoms with Gasteiger partial charge >= 0.3 is 0 Å². The van der Waals surface area contributed by atoms with Gasteiger partial charge in [0.2, 0.25) is 11.8 Å². The maximum absolute atomic E-state index is 12.8. The fourth-order valence-electron chi connectivity index (χ4n) is 5.30. The van der Waals surface area contributed by atoms with Crippen LogP contribution in [-0.2, 0) is 23.2 Å². The van der Waals surface area contributed by atoms with Crippen molar-refractivity contribution in [1.29, 1.82) is 0 Å². The Morgan fingerprint density at radius 2 is 1.81 bits per heavy atom. The summed E-state index contributed by atoms with van der Waals surface area (Å²) >= 11 is 0. The number of hydrogen-bond acceptors (Lipinski definition) is 4. The molecule has 4 unspecified atom stereocenters. The summed E-state index contributed by atoms with van der Waals surface area (Å²) in [6.45, 7) is 3.98. The average Bonchev–Trinajstić information content (AvgIpc) is 3.52. The molecule has 32 heavy (non-hydrogen) atoms. The minimum Gasteiger partial charge on any atom is -0.357 e. The highest BCUT2D eigenvalue weighted by Crippen LogP contribution is 2.52. The van der Waals surface area contributed by atoms with Crippen molar-refractivity contribution in [3.63, 3.8) is 0 Å². The van der Waals surface area contributed by atoms with Gasteiger partial charge in [-0.05, 0) is 37.3 Å². The van der Waals surface area contributed by atoms with E-state index in [4.69, 9.17) is 0 Å². The number of imidazole rings is 1. The maximum atomic E-state index is 12.8.